The zero-order chi connectivity index (χ0) is 16.7. The van der Waals surface area contributed by atoms with Gasteiger partial charge in [-0.2, -0.15) is 4.31 Å². The molecule has 3 rings (SSSR count). The molecule has 136 valence electrons. The number of benzene rings is 1. The van der Waals surface area contributed by atoms with Gasteiger partial charge in [0, 0.05) is 19.6 Å². The first-order chi connectivity index (χ1) is 10.7. The molecule has 2 aliphatic heterocycles. The molecule has 0 amide bonds. The molecule has 2 heterocycles. The number of nitrogens with one attached hydrogen (secondary N) is 1. The Morgan fingerprint density at radius 1 is 1.21 bits per heavy atom. The minimum absolute atomic E-state index is 0. The molecule has 1 atom stereocenters. The number of halogens is 4. The van der Waals surface area contributed by atoms with Gasteiger partial charge in [-0.15, -0.1) is 25.6 Å². The van der Waals surface area contributed by atoms with Crippen LogP contribution in [-0.2, 0) is 10.0 Å². The third-order valence-corrected chi connectivity index (χ3v) is 6.31. The van der Waals surface area contributed by atoms with Crippen molar-refractivity contribution in [2.24, 2.45) is 5.41 Å². The third kappa shape index (κ3) is 3.79. The van der Waals surface area contributed by atoms with Crippen molar-refractivity contribution in [3.63, 3.8) is 0 Å². The first kappa shape index (κ1) is 19.3. The molecule has 2 fully saturated rings. The van der Waals surface area contributed by atoms with Gasteiger partial charge in [-0.05, 0) is 36.9 Å². The highest BCUT2D eigenvalue weighted by atomic mass is 35.5. The first-order valence-electron chi connectivity index (χ1n) is 7.28. The second kappa shape index (κ2) is 6.70. The average molecular weight is 387 g/mol. The van der Waals surface area contributed by atoms with Crippen LogP contribution in [0.15, 0.2) is 29.2 Å². The summed E-state index contributed by atoms with van der Waals surface area (Å²) in [6.07, 6.45) is -3.35. The molecule has 0 aromatic heterocycles. The van der Waals surface area contributed by atoms with Crippen LogP contribution in [-0.4, -0.2) is 45.3 Å². The normalized spacial score (nSPS) is 25.0. The van der Waals surface area contributed by atoms with Crippen LogP contribution in [0, 0.1) is 5.41 Å². The summed E-state index contributed by atoms with van der Waals surface area (Å²) in [6, 6.07) is 4.86. The van der Waals surface area contributed by atoms with Gasteiger partial charge < -0.3 is 10.1 Å². The fourth-order valence-corrected chi connectivity index (χ4v) is 4.92. The van der Waals surface area contributed by atoms with Gasteiger partial charge >= 0.3 is 6.36 Å². The molecule has 1 N–H and O–H groups in total. The Morgan fingerprint density at radius 3 is 2.54 bits per heavy atom. The lowest BCUT2D eigenvalue weighted by molar-refractivity contribution is -0.275. The number of hydrogen-bond acceptors (Lipinski definition) is 4. The summed E-state index contributed by atoms with van der Waals surface area (Å²) in [5.74, 6) is -0.689. The van der Waals surface area contributed by atoms with E-state index < -0.39 is 27.0 Å². The maximum absolute atomic E-state index is 12.7. The molecule has 0 radical (unpaired) electrons. The van der Waals surface area contributed by atoms with Crippen molar-refractivity contribution < 1.29 is 26.3 Å². The van der Waals surface area contributed by atoms with Crippen LogP contribution in [0.4, 0.5) is 13.2 Å². The van der Waals surface area contributed by atoms with Crippen LogP contribution < -0.4 is 10.1 Å². The summed E-state index contributed by atoms with van der Waals surface area (Å²) < 4.78 is 68.1. The van der Waals surface area contributed by atoms with E-state index in [0.29, 0.717) is 19.5 Å². The lowest BCUT2D eigenvalue weighted by atomic mass is 9.87. The van der Waals surface area contributed by atoms with E-state index in [-0.39, 0.29) is 17.8 Å². The zero-order valence-electron chi connectivity index (χ0n) is 12.7. The Hall–Kier alpha value is -1.03. The molecule has 1 spiro atoms. The molecule has 1 aromatic carbocycles. The van der Waals surface area contributed by atoms with Gasteiger partial charge in [-0.1, -0.05) is 12.1 Å². The first-order valence-corrected chi connectivity index (χ1v) is 8.72. The van der Waals surface area contributed by atoms with Crippen molar-refractivity contribution in [2.75, 3.05) is 26.2 Å². The average Bonchev–Trinajstić information content (AvgIpc) is 3.09. The number of para-hydroxylation sites is 1. The monoisotopic (exact) mass is 386 g/mol. The second-order valence-corrected chi connectivity index (χ2v) is 7.92. The van der Waals surface area contributed by atoms with Crippen LogP contribution in [0.1, 0.15) is 12.8 Å². The molecule has 2 saturated heterocycles. The van der Waals surface area contributed by atoms with E-state index in [0.717, 1.165) is 31.6 Å². The van der Waals surface area contributed by atoms with Crippen molar-refractivity contribution in [3.05, 3.63) is 24.3 Å². The molecule has 2 aliphatic rings. The van der Waals surface area contributed by atoms with E-state index in [1.165, 1.54) is 16.4 Å². The fourth-order valence-electron chi connectivity index (χ4n) is 3.25. The minimum atomic E-state index is -4.94. The summed E-state index contributed by atoms with van der Waals surface area (Å²) in [7, 11) is -4.02. The summed E-state index contributed by atoms with van der Waals surface area (Å²) in [6.45, 7) is 2.20. The third-order valence-electron chi connectivity index (χ3n) is 4.43. The van der Waals surface area contributed by atoms with Gasteiger partial charge in [0.1, 0.15) is 10.6 Å². The molecular weight excluding hydrogens is 369 g/mol. The van der Waals surface area contributed by atoms with E-state index in [1.807, 2.05) is 0 Å². The largest absolute Gasteiger partial charge is 0.573 e. The number of nitrogens with zero attached hydrogens (tertiary/aromatic N) is 1. The maximum atomic E-state index is 12.7. The van der Waals surface area contributed by atoms with Crippen molar-refractivity contribution in [2.45, 2.75) is 24.1 Å². The molecule has 5 nitrogen and oxygen atoms in total. The molecule has 1 aromatic rings. The number of sulfonamides is 1. The summed E-state index contributed by atoms with van der Waals surface area (Å²) in [4.78, 5) is -0.444. The van der Waals surface area contributed by atoms with Gasteiger partial charge in [0.05, 0.1) is 0 Å². The quantitative estimate of drug-likeness (QED) is 0.866. The smallest absolute Gasteiger partial charge is 0.404 e. The van der Waals surface area contributed by atoms with Crippen LogP contribution in [0.2, 0.25) is 0 Å². The van der Waals surface area contributed by atoms with Crippen molar-refractivity contribution >= 4 is 22.4 Å². The zero-order valence-corrected chi connectivity index (χ0v) is 14.3. The lowest BCUT2D eigenvalue weighted by Crippen LogP contribution is -2.33. The van der Waals surface area contributed by atoms with Crippen molar-refractivity contribution in [1.29, 1.82) is 0 Å². The van der Waals surface area contributed by atoms with E-state index in [1.54, 1.807) is 0 Å². The molecule has 0 saturated carbocycles. The van der Waals surface area contributed by atoms with Gasteiger partial charge in [-0.3, -0.25) is 0 Å². The van der Waals surface area contributed by atoms with E-state index >= 15 is 0 Å². The summed E-state index contributed by atoms with van der Waals surface area (Å²) in [5.41, 5.74) is -0.104. The predicted molar refractivity (Wildman–Crippen MR) is 83.7 cm³/mol. The van der Waals surface area contributed by atoms with Crippen molar-refractivity contribution in [1.82, 2.24) is 9.62 Å². The van der Waals surface area contributed by atoms with E-state index in [4.69, 9.17) is 0 Å². The highest BCUT2D eigenvalue weighted by Crippen LogP contribution is 2.40. The van der Waals surface area contributed by atoms with Gasteiger partial charge in [0.2, 0.25) is 10.0 Å². The second-order valence-electron chi connectivity index (χ2n) is 6.01. The Balaban J connectivity index is 0.00000208. The van der Waals surface area contributed by atoms with Gasteiger partial charge in [-0.25, -0.2) is 8.42 Å². The Labute approximate surface area is 144 Å². The molecule has 1 unspecified atom stereocenters. The van der Waals surface area contributed by atoms with Crippen LogP contribution in [0.25, 0.3) is 0 Å². The van der Waals surface area contributed by atoms with Crippen LogP contribution >= 0.6 is 12.4 Å². The number of ether oxygens (including phenoxy) is 1. The topological polar surface area (TPSA) is 58.6 Å². The molecule has 10 heteroatoms. The molecule has 24 heavy (non-hydrogen) atoms. The number of alkyl halides is 3. The minimum Gasteiger partial charge on any atom is -0.404 e. The fraction of sp³-hybridized carbons (Fsp3) is 0.571. The summed E-state index contributed by atoms with van der Waals surface area (Å²) in [5, 5.41) is 3.21. The van der Waals surface area contributed by atoms with Crippen LogP contribution in [0.3, 0.4) is 0 Å². The van der Waals surface area contributed by atoms with Crippen molar-refractivity contribution in [3.8, 4) is 5.75 Å². The van der Waals surface area contributed by atoms with Gasteiger partial charge in [0.15, 0.2) is 0 Å². The van der Waals surface area contributed by atoms with Gasteiger partial charge in [0.25, 0.3) is 0 Å². The number of rotatable bonds is 3. The predicted octanol–water partition coefficient (Wildman–Crippen LogP) is 2.38. The molecule has 0 bridgehead atoms. The Morgan fingerprint density at radius 2 is 1.92 bits per heavy atom. The highest BCUT2D eigenvalue weighted by Gasteiger charge is 2.45. The maximum Gasteiger partial charge on any atom is 0.573 e. The van der Waals surface area contributed by atoms with E-state index in [9.17, 15) is 21.6 Å². The molecule has 0 aliphatic carbocycles. The lowest BCUT2D eigenvalue weighted by Gasteiger charge is -2.23. The Bertz CT molecular complexity index is 691. The number of hydrogen-bond donors (Lipinski definition) is 1. The standard InChI is InChI=1S/C14H17F3N2O3S.ClH/c15-14(16,17)22-11-3-1-2-4-12(11)23(20,21)19-8-6-13(10-19)5-7-18-9-13;/h1-4,18H,5-10H2;1H. The highest BCUT2D eigenvalue weighted by molar-refractivity contribution is 7.89. The van der Waals surface area contributed by atoms with E-state index in [2.05, 4.69) is 10.1 Å². The molecular formula is C14H18ClF3N2O3S. The SMILES string of the molecule is Cl.O=S(=O)(c1ccccc1OC(F)(F)F)N1CCC2(CCNC2)C1. The Kier molecular flexibility index (Phi) is 5.39. The van der Waals surface area contributed by atoms with Crippen LogP contribution in [0.5, 0.6) is 5.75 Å². The summed E-state index contributed by atoms with van der Waals surface area (Å²) >= 11 is 0.